The van der Waals surface area contributed by atoms with Gasteiger partial charge in [0.1, 0.15) is 0 Å². The van der Waals surface area contributed by atoms with E-state index in [0.717, 1.165) is 5.75 Å². The molecule has 1 atom stereocenters. The summed E-state index contributed by atoms with van der Waals surface area (Å²) in [6.07, 6.45) is 0. The van der Waals surface area contributed by atoms with Gasteiger partial charge in [0.05, 0.1) is 6.04 Å². The fourth-order valence-corrected chi connectivity index (χ4v) is 2.99. The molecule has 2 rings (SSSR count). The lowest BCUT2D eigenvalue weighted by Gasteiger charge is -2.10. The normalized spacial score (nSPS) is 12.6. The number of thioether (sulfide) groups is 1. The molecule has 0 spiro atoms. The minimum absolute atomic E-state index is 0.0145. The molecule has 2 N–H and O–H groups in total. The molecule has 0 bridgehead atoms. The molecule has 1 heterocycles. The molecule has 1 aromatic heterocycles. The maximum atomic E-state index is 6.19. The zero-order chi connectivity index (χ0) is 11.4. The Bertz CT molecular complexity index is 420. The highest BCUT2D eigenvalue weighted by Crippen LogP contribution is 2.25. The van der Waals surface area contributed by atoms with E-state index in [-0.39, 0.29) is 6.04 Å². The Morgan fingerprint density at radius 3 is 2.56 bits per heavy atom. The van der Waals surface area contributed by atoms with Gasteiger partial charge >= 0.3 is 0 Å². The predicted octanol–water partition coefficient (Wildman–Crippen LogP) is 3.91. The highest BCUT2D eigenvalue weighted by atomic mass is 32.2. The number of thiophene rings is 1. The highest BCUT2D eigenvalue weighted by Gasteiger charge is 2.09. The molecule has 0 unspecified atom stereocenters. The van der Waals surface area contributed by atoms with E-state index in [1.54, 1.807) is 11.3 Å². The van der Waals surface area contributed by atoms with Gasteiger partial charge in [0.25, 0.3) is 0 Å². The van der Waals surface area contributed by atoms with Crippen molar-refractivity contribution in [2.45, 2.75) is 17.9 Å². The van der Waals surface area contributed by atoms with E-state index in [4.69, 9.17) is 5.73 Å². The minimum Gasteiger partial charge on any atom is -0.320 e. The Hall–Kier alpha value is -0.770. The van der Waals surface area contributed by atoms with Gasteiger partial charge in [-0.1, -0.05) is 25.1 Å². The molecule has 0 aliphatic heterocycles. The molecule has 2 aromatic rings. The van der Waals surface area contributed by atoms with E-state index in [1.165, 1.54) is 15.3 Å². The second-order valence-electron chi connectivity index (χ2n) is 3.50. The van der Waals surface area contributed by atoms with Crippen LogP contribution in [0.4, 0.5) is 0 Å². The van der Waals surface area contributed by atoms with Gasteiger partial charge in [0.2, 0.25) is 0 Å². The van der Waals surface area contributed by atoms with Crippen molar-refractivity contribution >= 4 is 23.1 Å². The topological polar surface area (TPSA) is 26.0 Å². The third-order valence-corrected chi connectivity index (χ3v) is 4.25. The average Bonchev–Trinajstić information content (AvgIpc) is 2.83. The summed E-state index contributed by atoms with van der Waals surface area (Å²) in [6.45, 7) is 2.16. The molecule has 0 fully saturated rings. The summed E-state index contributed by atoms with van der Waals surface area (Å²) in [5.74, 6) is 1.11. The van der Waals surface area contributed by atoms with Crippen LogP contribution in [0.15, 0.2) is 46.7 Å². The summed E-state index contributed by atoms with van der Waals surface area (Å²) >= 11 is 3.57. The summed E-state index contributed by atoms with van der Waals surface area (Å²) in [5.41, 5.74) is 7.37. The second-order valence-corrected chi connectivity index (χ2v) is 5.81. The third-order valence-electron chi connectivity index (χ3n) is 2.40. The first-order valence-corrected chi connectivity index (χ1v) is 7.19. The Morgan fingerprint density at radius 1 is 1.25 bits per heavy atom. The fraction of sp³-hybridized carbons (Fsp3) is 0.231. The predicted molar refractivity (Wildman–Crippen MR) is 73.2 cm³/mol. The van der Waals surface area contributed by atoms with Crippen LogP contribution in [-0.2, 0) is 0 Å². The van der Waals surface area contributed by atoms with Crippen LogP contribution in [0.3, 0.4) is 0 Å². The lowest BCUT2D eigenvalue weighted by Crippen LogP contribution is -2.09. The van der Waals surface area contributed by atoms with Crippen molar-refractivity contribution in [1.29, 1.82) is 0 Å². The monoisotopic (exact) mass is 249 g/mol. The van der Waals surface area contributed by atoms with Crippen molar-refractivity contribution in [1.82, 2.24) is 0 Å². The van der Waals surface area contributed by atoms with Crippen LogP contribution in [-0.4, -0.2) is 5.75 Å². The molecule has 0 aliphatic carbocycles. The van der Waals surface area contributed by atoms with Gasteiger partial charge in [-0.05, 0) is 34.9 Å². The standard InChI is InChI=1S/C13H15NS2/c1-2-15-11-7-5-10(6-8-11)13(14)12-4-3-9-16-12/h3-9,13H,2,14H2,1H3/t13-/m0/s1. The molecule has 0 saturated carbocycles. The zero-order valence-electron chi connectivity index (χ0n) is 9.22. The summed E-state index contributed by atoms with van der Waals surface area (Å²) in [7, 11) is 0. The van der Waals surface area contributed by atoms with Crippen LogP contribution in [0.1, 0.15) is 23.4 Å². The maximum absolute atomic E-state index is 6.19. The fourth-order valence-electron chi connectivity index (χ4n) is 1.57. The molecule has 0 saturated heterocycles. The molecule has 16 heavy (non-hydrogen) atoms. The third kappa shape index (κ3) is 2.67. The number of benzene rings is 1. The van der Waals surface area contributed by atoms with Crippen LogP contribution in [0, 0.1) is 0 Å². The minimum atomic E-state index is 0.0145. The van der Waals surface area contributed by atoms with E-state index < -0.39 is 0 Å². The summed E-state index contributed by atoms with van der Waals surface area (Å²) in [6, 6.07) is 12.7. The first-order valence-electron chi connectivity index (χ1n) is 5.33. The van der Waals surface area contributed by atoms with Crippen LogP contribution in [0.2, 0.25) is 0 Å². The van der Waals surface area contributed by atoms with Crippen molar-refractivity contribution in [2.24, 2.45) is 5.73 Å². The zero-order valence-corrected chi connectivity index (χ0v) is 10.9. The van der Waals surface area contributed by atoms with Gasteiger partial charge in [-0.25, -0.2) is 0 Å². The summed E-state index contributed by atoms with van der Waals surface area (Å²) in [5, 5.41) is 2.07. The SMILES string of the molecule is CCSc1ccc([C@H](N)c2cccs2)cc1. The first kappa shape index (κ1) is 11.7. The highest BCUT2D eigenvalue weighted by molar-refractivity contribution is 7.99. The van der Waals surface area contributed by atoms with Crippen molar-refractivity contribution < 1.29 is 0 Å². The Morgan fingerprint density at radius 2 is 2.00 bits per heavy atom. The van der Waals surface area contributed by atoms with Crippen LogP contribution in [0.5, 0.6) is 0 Å². The van der Waals surface area contributed by atoms with Crippen molar-refractivity contribution in [3.63, 3.8) is 0 Å². The first-order chi connectivity index (χ1) is 7.81. The van der Waals surface area contributed by atoms with Crippen LogP contribution in [0.25, 0.3) is 0 Å². The van der Waals surface area contributed by atoms with Crippen molar-refractivity contribution in [3.8, 4) is 0 Å². The van der Waals surface area contributed by atoms with Gasteiger partial charge in [-0.15, -0.1) is 23.1 Å². The summed E-state index contributed by atoms with van der Waals surface area (Å²) < 4.78 is 0. The van der Waals surface area contributed by atoms with Crippen molar-refractivity contribution in [2.75, 3.05) is 5.75 Å². The number of nitrogens with two attached hydrogens (primary N) is 1. The van der Waals surface area contributed by atoms with Crippen LogP contribution < -0.4 is 5.73 Å². The Kier molecular flexibility index (Phi) is 4.04. The second kappa shape index (κ2) is 5.53. The van der Waals surface area contributed by atoms with E-state index in [1.807, 2.05) is 17.8 Å². The van der Waals surface area contributed by atoms with E-state index >= 15 is 0 Å². The average molecular weight is 249 g/mol. The van der Waals surface area contributed by atoms with E-state index in [9.17, 15) is 0 Å². The van der Waals surface area contributed by atoms with E-state index in [2.05, 4.69) is 42.6 Å². The quantitative estimate of drug-likeness (QED) is 0.831. The molecular formula is C13H15NS2. The number of rotatable bonds is 4. The molecule has 84 valence electrons. The van der Waals surface area contributed by atoms with Gasteiger partial charge in [-0.2, -0.15) is 0 Å². The molecular weight excluding hydrogens is 234 g/mol. The number of hydrogen-bond donors (Lipinski definition) is 1. The lowest BCUT2D eigenvalue weighted by molar-refractivity contribution is 0.891. The van der Waals surface area contributed by atoms with Crippen molar-refractivity contribution in [3.05, 3.63) is 52.2 Å². The smallest absolute Gasteiger partial charge is 0.0646 e. The molecule has 0 amide bonds. The van der Waals surface area contributed by atoms with Gasteiger partial charge in [0, 0.05) is 9.77 Å². The van der Waals surface area contributed by atoms with Gasteiger partial charge in [0.15, 0.2) is 0 Å². The van der Waals surface area contributed by atoms with Gasteiger partial charge in [-0.3, -0.25) is 0 Å². The Balaban J connectivity index is 2.15. The van der Waals surface area contributed by atoms with E-state index in [0.29, 0.717) is 0 Å². The molecule has 1 aromatic carbocycles. The summed E-state index contributed by atoms with van der Waals surface area (Å²) in [4.78, 5) is 2.53. The van der Waals surface area contributed by atoms with Crippen LogP contribution >= 0.6 is 23.1 Å². The number of hydrogen-bond acceptors (Lipinski definition) is 3. The molecule has 1 nitrogen and oxygen atoms in total. The maximum Gasteiger partial charge on any atom is 0.0646 e. The largest absolute Gasteiger partial charge is 0.320 e. The molecule has 0 aliphatic rings. The molecule has 3 heteroatoms. The Labute approximate surface area is 105 Å². The molecule has 0 radical (unpaired) electrons. The van der Waals surface area contributed by atoms with Gasteiger partial charge < -0.3 is 5.73 Å². The lowest BCUT2D eigenvalue weighted by atomic mass is 10.1.